The molecule has 0 radical (unpaired) electrons. The van der Waals surface area contributed by atoms with Gasteiger partial charge in [0, 0.05) is 28.7 Å². The Labute approximate surface area is 156 Å². The molecule has 6 heteroatoms. The second-order valence-electron chi connectivity index (χ2n) is 6.83. The van der Waals surface area contributed by atoms with Crippen LogP contribution in [0.3, 0.4) is 0 Å². The van der Waals surface area contributed by atoms with Crippen LogP contribution in [-0.4, -0.2) is 31.3 Å². The van der Waals surface area contributed by atoms with Crippen LogP contribution in [0.1, 0.15) is 17.5 Å². The van der Waals surface area contributed by atoms with Crippen molar-refractivity contribution in [1.82, 2.24) is 10.3 Å². The maximum absolute atomic E-state index is 13.9. The van der Waals surface area contributed by atoms with Gasteiger partial charge in [0.15, 0.2) is 11.6 Å². The minimum absolute atomic E-state index is 0.105. The van der Waals surface area contributed by atoms with Crippen LogP contribution in [0, 0.1) is 11.6 Å². The predicted molar refractivity (Wildman–Crippen MR) is 101 cm³/mol. The Bertz CT molecular complexity index is 955. The smallest absolute Gasteiger partial charge is 0.165 e. The van der Waals surface area contributed by atoms with Crippen LogP contribution in [0.4, 0.5) is 8.78 Å². The third kappa shape index (κ3) is 3.62. The summed E-state index contributed by atoms with van der Waals surface area (Å²) >= 11 is 0. The minimum atomic E-state index is -0.351. The molecule has 0 unspecified atom stereocenters. The zero-order chi connectivity index (χ0) is 18.8. The molecule has 0 fully saturated rings. The third-order valence-corrected chi connectivity index (χ3v) is 5.05. The number of aryl methyl sites for hydroxylation is 1. The minimum Gasteiger partial charge on any atom is -0.496 e. The number of hydrogen-bond donors (Lipinski definition) is 2. The number of H-pyrrole nitrogens is 1. The van der Waals surface area contributed by atoms with Gasteiger partial charge < -0.3 is 19.8 Å². The Hall–Kier alpha value is -2.60. The fourth-order valence-electron chi connectivity index (χ4n) is 3.68. The molecule has 142 valence electrons. The number of aromatic nitrogens is 1. The Morgan fingerprint density at radius 3 is 3.00 bits per heavy atom. The van der Waals surface area contributed by atoms with E-state index in [2.05, 4.69) is 10.3 Å². The van der Waals surface area contributed by atoms with Gasteiger partial charge in [-0.1, -0.05) is 0 Å². The monoisotopic (exact) mass is 372 g/mol. The summed E-state index contributed by atoms with van der Waals surface area (Å²) in [5.41, 5.74) is 2.83. The van der Waals surface area contributed by atoms with E-state index >= 15 is 0 Å². The lowest BCUT2D eigenvalue weighted by atomic mass is 10.0. The van der Waals surface area contributed by atoms with E-state index in [1.54, 1.807) is 25.3 Å². The highest BCUT2D eigenvalue weighted by Crippen LogP contribution is 2.35. The highest BCUT2D eigenvalue weighted by molar-refractivity contribution is 5.83. The zero-order valence-corrected chi connectivity index (χ0v) is 15.1. The van der Waals surface area contributed by atoms with Crippen LogP contribution in [0.25, 0.3) is 10.9 Å². The van der Waals surface area contributed by atoms with E-state index < -0.39 is 0 Å². The van der Waals surface area contributed by atoms with Crippen LogP contribution in [-0.2, 0) is 12.8 Å². The lowest BCUT2D eigenvalue weighted by Crippen LogP contribution is -2.40. The summed E-state index contributed by atoms with van der Waals surface area (Å²) in [6.45, 7) is 1.22. The first kappa shape index (κ1) is 17.8. The first-order valence-corrected chi connectivity index (χ1v) is 9.13. The molecule has 2 heterocycles. The van der Waals surface area contributed by atoms with E-state index in [4.69, 9.17) is 9.47 Å². The van der Waals surface area contributed by atoms with E-state index in [0.29, 0.717) is 24.5 Å². The lowest BCUT2D eigenvalue weighted by Gasteiger charge is -2.27. The first-order chi connectivity index (χ1) is 13.2. The van der Waals surface area contributed by atoms with Crippen molar-refractivity contribution in [3.63, 3.8) is 0 Å². The predicted octanol–water partition coefficient (Wildman–Crippen LogP) is 3.98. The molecule has 2 aromatic carbocycles. The average molecular weight is 372 g/mol. The normalized spacial score (nSPS) is 16.2. The highest BCUT2D eigenvalue weighted by Gasteiger charge is 2.25. The molecule has 0 bridgehead atoms. The summed E-state index contributed by atoms with van der Waals surface area (Å²) in [6, 6.07) is 7.90. The summed E-state index contributed by atoms with van der Waals surface area (Å²) in [5, 5.41) is 4.40. The molecule has 1 aliphatic rings. The summed E-state index contributed by atoms with van der Waals surface area (Å²) in [4.78, 5) is 3.18. The van der Waals surface area contributed by atoms with Gasteiger partial charge in [-0.15, -0.1) is 0 Å². The van der Waals surface area contributed by atoms with Crippen LogP contribution in [0.2, 0.25) is 0 Å². The molecule has 4 rings (SSSR count). The summed E-state index contributed by atoms with van der Waals surface area (Å²) in [6.07, 6.45) is 4.36. The van der Waals surface area contributed by atoms with Crippen molar-refractivity contribution in [3.8, 4) is 11.5 Å². The maximum Gasteiger partial charge on any atom is 0.165 e. The molecule has 1 atom stereocenters. The molecule has 4 nitrogen and oxygen atoms in total. The molecule has 3 aromatic rings. The van der Waals surface area contributed by atoms with Crippen molar-refractivity contribution >= 4 is 10.9 Å². The Morgan fingerprint density at radius 1 is 1.26 bits per heavy atom. The van der Waals surface area contributed by atoms with E-state index in [1.165, 1.54) is 12.1 Å². The number of ether oxygens (including phenoxy) is 2. The summed E-state index contributed by atoms with van der Waals surface area (Å²) in [5.74, 6) is 0.378. The molecule has 2 N–H and O–H groups in total. The molecule has 0 saturated heterocycles. The zero-order valence-electron chi connectivity index (χ0n) is 15.1. The van der Waals surface area contributed by atoms with Gasteiger partial charge in [-0.2, -0.15) is 0 Å². The van der Waals surface area contributed by atoms with Crippen molar-refractivity contribution in [3.05, 3.63) is 59.3 Å². The quantitative estimate of drug-likeness (QED) is 0.644. The van der Waals surface area contributed by atoms with Gasteiger partial charge in [0.05, 0.1) is 7.11 Å². The Balaban J connectivity index is 1.34. The lowest BCUT2D eigenvalue weighted by molar-refractivity contribution is 0.224. The third-order valence-electron chi connectivity index (χ3n) is 5.05. The second-order valence-corrected chi connectivity index (χ2v) is 6.83. The van der Waals surface area contributed by atoms with Gasteiger partial charge in [-0.3, -0.25) is 0 Å². The molecular formula is C21H22F2N2O2. The van der Waals surface area contributed by atoms with Gasteiger partial charge >= 0.3 is 0 Å². The van der Waals surface area contributed by atoms with Gasteiger partial charge in [-0.05, 0) is 61.7 Å². The average Bonchev–Trinajstić information content (AvgIpc) is 3.07. The van der Waals surface area contributed by atoms with Gasteiger partial charge in [0.25, 0.3) is 0 Å². The number of aromatic amines is 1. The standard InChI is InChI=1S/C21H22F2N2O2/c1-26-20-7-5-18(23)21-17(20)10-15(12-27-21)24-8-2-3-13-11-25-19-6-4-14(22)9-16(13)19/h4-7,9,11,15,24-25H,2-3,8,10,12H2,1H3/t15-/m1/s1. The largest absolute Gasteiger partial charge is 0.496 e. The summed E-state index contributed by atoms with van der Waals surface area (Å²) in [7, 11) is 1.58. The number of hydrogen-bond acceptors (Lipinski definition) is 3. The molecule has 0 saturated carbocycles. The van der Waals surface area contributed by atoms with E-state index in [1.807, 2.05) is 6.20 Å². The Kier molecular flexibility index (Phi) is 4.99. The maximum atomic E-state index is 13.9. The molecule has 1 aliphatic heterocycles. The molecule has 0 aliphatic carbocycles. The van der Waals surface area contributed by atoms with Crippen molar-refractivity contribution in [2.45, 2.75) is 25.3 Å². The molecule has 0 amide bonds. The molecule has 0 spiro atoms. The van der Waals surface area contributed by atoms with Gasteiger partial charge in [-0.25, -0.2) is 8.78 Å². The van der Waals surface area contributed by atoms with Crippen LogP contribution in [0.15, 0.2) is 36.5 Å². The Morgan fingerprint density at radius 2 is 2.15 bits per heavy atom. The van der Waals surface area contributed by atoms with Crippen molar-refractivity contribution in [2.24, 2.45) is 0 Å². The second kappa shape index (κ2) is 7.56. The number of fused-ring (bicyclic) bond motifs is 2. The number of benzene rings is 2. The SMILES string of the molecule is COc1ccc(F)c2c1C[C@@H](NCCCc1c[nH]c3ccc(F)cc13)CO2. The van der Waals surface area contributed by atoms with Crippen LogP contribution < -0.4 is 14.8 Å². The topological polar surface area (TPSA) is 46.3 Å². The first-order valence-electron chi connectivity index (χ1n) is 9.13. The van der Waals surface area contributed by atoms with E-state index in [-0.39, 0.29) is 17.7 Å². The van der Waals surface area contributed by atoms with Crippen LogP contribution >= 0.6 is 0 Å². The van der Waals surface area contributed by atoms with Crippen LogP contribution in [0.5, 0.6) is 11.5 Å². The van der Waals surface area contributed by atoms with Crippen molar-refractivity contribution < 1.29 is 18.3 Å². The fourth-order valence-corrected chi connectivity index (χ4v) is 3.68. The number of rotatable bonds is 6. The molecular weight excluding hydrogens is 350 g/mol. The fraction of sp³-hybridized carbons (Fsp3) is 0.333. The van der Waals surface area contributed by atoms with Gasteiger partial charge in [0.2, 0.25) is 0 Å². The molecule has 1 aromatic heterocycles. The highest BCUT2D eigenvalue weighted by atomic mass is 19.1. The van der Waals surface area contributed by atoms with Crippen molar-refractivity contribution in [2.75, 3.05) is 20.3 Å². The number of halogens is 2. The van der Waals surface area contributed by atoms with E-state index in [9.17, 15) is 8.78 Å². The van der Waals surface area contributed by atoms with Crippen molar-refractivity contribution in [1.29, 1.82) is 0 Å². The van der Waals surface area contributed by atoms with Gasteiger partial charge in [0.1, 0.15) is 18.2 Å². The summed E-state index contributed by atoms with van der Waals surface area (Å²) < 4.78 is 38.3. The number of nitrogens with one attached hydrogen (secondary N) is 2. The number of methoxy groups -OCH3 is 1. The molecule has 27 heavy (non-hydrogen) atoms. The van der Waals surface area contributed by atoms with E-state index in [0.717, 1.165) is 41.4 Å².